The van der Waals surface area contributed by atoms with Gasteiger partial charge in [-0.05, 0) is 68.1 Å². The molecule has 0 saturated carbocycles. The Kier molecular flexibility index (Phi) is 8.76. The molecule has 194 valence electrons. The van der Waals surface area contributed by atoms with Gasteiger partial charge in [0.2, 0.25) is 0 Å². The van der Waals surface area contributed by atoms with E-state index in [0.717, 1.165) is 72.2 Å². The Bertz CT molecular complexity index is 1370. The largest absolute Gasteiger partial charge is 0.478 e. The molecule has 0 amide bonds. The molecule has 0 aliphatic heterocycles. The number of anilines is 1. The fourth-order valence-electron chi connectivity index (χ4n) is 4.43. The van der Waals surface area contributed by atoms with Gasteiger partial charge in [-0.15, -0.1) is 10.2 Å². The molecule has 4 rings (SSSR count). The first-order valence-electron chi connectivity index (χ1n) is 12.0. The first kappa shape index (κ1) is 27.6. The number of aromatic nitrogens is 2. The van der Waals surface area contributed by atoms with Gasteiger partial charge in [-0.1, -0.05) is 32.8 Å². The van der Waals surface area contributed by atoms with Crippen molar-refractivity contribution in [3.8, 4) is 0 Å². The van der Waals surface area contributed by atoms with E-state index in [1.54, 1.807) is 0 Å². The van der Waals surface area contributed by atoms with Crippen molar-refractivity contribution >= 4 is 33.9 Å². The van der Waals surface area contributed by atoms with Crippen LogP contribution in [0.2, 0.25) is 0 Å². The summed E-state index contributed by atoms with van der Waals surface area (Å²) in [4.78, 5) is 14.7. The second-order valence-electron chi connectivity index (χ2n) is 8.87. The van der Waals surface area contributed by atoms with Crippen LogP contribution in [0.25, 0.3) is 21.9 Å². The quantitative estimate of drug-likeness (QED) is 0.341. The van der Waals surface area contributed by atoms with Crippen LogP contribution in [0.4, 0.5) is 5.95 Å². The lowest BCUT2D eigenvalue weighted by Crippen LogP contribution is -2.68. The van der Waals surface area contributed by atoms with Crippen molar-refractivity contribution in [1.82, 2.24) is 4.40 Å². The van der Waals surface area contributed by atoms with Gasteiger partial charge in [0.1, 0.15) is 16.6 Å². The monoisotopic (exact) mass is 517 g/mol. The normalized spacial score (nSPS) is 11.7. The van der Waals surface area contributed by atoms with Crippen molar-refractivity contribution < 1.29 is 43.2 Å². The van der Waals surface area contributed by atoms with Crippen LogP contribution >= 0.6 is 0 Å². The van der Waals surface area contributed by atoms with Crippen LogP contribution in [0.3, 0.4) is 0 Å². The Balaban J connectivity index is 0.000000658. The third-order valence-corrected chi connectivity index (χ3v) is 6.28. The van der Waals surface area contributed by atoms with Gasteiger partial charge in [-0.3, -0.25) is 4.90 Å². The predicted molar refractivity (Wildman–Crippen MR) is 127 cm³/mol. The topological polar surface area (TPSA) is 141 Å². The SMILES string of the molecule is CCCCN(CCCC)c1n2c3cc(C)c(C)cc3c(C(=O)O)cc2c2cccc[n+]12.[O-][Cl+3]([O-])([O-])[O-]. The van der Waals surface area contributed by atoms with Crippen molar-refractivity contribution in [1.29, 1.82) is 0 Å². The Labute approximate surface area is 212 Å². The van der Waals surface area contributed by atoms with E-state index in [-0.39, 0.29) is 0 Å². The average molecular weight is 518 g/mol. The van der Waals surface area contributed by atoms with E-state index in [2.05, 4.69) is 52.8 Å². The number of benzene rings is 1. The Morgan fingerprint density at radius 1 is 0.972 bits per heavy atom. The Morgan fingerprint density at radius 3 is 2.11 bits per heavy atom. The summed E-state index contributed by atoms with van der Waals surface area (Å²) in [6, 6.07) is 12.2. The summed E-state index contributed by atoms with van der Waals surface area (Å²) in [6.45, 7) is 10.5. The van der Waals surface area contributed by atoms with Crippen molar-refractivity contribution in [2.75, 3.05) is 18.0 Å². The summed E-state index contributed by atoms with van der Waals surface area (Å²) < 4.78 is 38.5. The van der Waals surface area contributed by atoms with Gasteiger partial charge in [0, 0.05) is 5.39 Å². The molecule has 0 bridgehead atoms. The molecule has 4 aromatic rings. The zero-order valence-electron chi connectivity index (χ0n) is 21.0. The van der Waals surface area contributed by atoms with Crippen molar-refractivity contribution in [2.24, 2.45) is 0 Å². The molecular formula is C26H32ClN3O6. The highest BCUT2D eigenvalue weighted by Crippen LogP contribution is 2.31. The van der Waals surface area contributed by atoms with Crippen LogP contribution in [-0.4, -0.2) is 28.6 Å². The maximum absolute atomic E-state index is 12.2. The van der Waals surface area contributed by atoms with Crippen LogP contribution in [0.15, 0.2) is 42.6 Å². The first-order chi connectivity index (χ1) is 17.0. The summed E-state index contributed by atoms with van der Waals surface area (Å²) in [5.41, 5.74) is 5.54. The summed E-state index contributed by atoms with van der Waals surface area (Å²) >= 11 is 0. The molecule has 0 unspecified atom stereocenters. The fraction of sp³-hybridized carbons (Fsp3) is 0.385. The van der Waals surface area contributed by atoms with Gasteiger partial charge in [0.15, 0.2) is 0 Å². The van der Waals surface area contributed by atoms with Crippen molar-refractivity contribution in [3.63, 3.8) is 0 Å². The maximum Gasteiger partial charge on any atom is 0.370 e. The summed E-state index contributed by atoms with van der Waals surface area (Å²) in [5.74, 6) is 0.221. The maximum atomic E-state index is 12.2. The Morgan fingerprint density at radius 2 is 1.56 bits per heavy atom. The van der Waals surface area contributed by atoms with E-state index in [0.29, 0.717) is 5.56 Å². The minimum Gasteiger partial charge on any atom is -0.478 e. The molecule has 1 N–H and O–H groups in total. The van der Waals surface area contributed by atoms with E-state index < -0.39 is 16.2 Å². The van der Waals surface area contributed by atoms with Crippen LogP contribution in [0.5, 0.6) is 0 Å². The number of hydrogen-bond acceptors (Lipinski definition) is 6. The molecule has 3 aromatic heterocycles. The first-order valence-corrected chi connectivity index (χ1v) is 13.2. The number of fused-ring (bicyclic) bond motifs is 5. The lowest BCUT2D eigenvalue weighted by atomic mass is 10.0. The fourth-order valence-corrected chi connectivity index (χ4v) is 4.43. The number of aryl methyl sites for hydroxylation is 2. The van der Waals surface area contributed by atoms with Crippen LogP contribution in [0.1, 0.15) is 61.0 Å². The van der Waals surface area contributed by atoms with Crippen LogP contribution in [0, 0.1) is 24.1 Å². The Hall–Kier alpha value is -2.95. The number of imidazole rings is 1. The van der Waals surface area contributed by atoms with Gasteiger partial charge in [0.05, 0.1) is 24.8 Å². The molecule has 0 radical (unpaired) electrons. The van der Waals surface area contributed by atoms with Crippen LogP contribution in [-0.2, 0) is 0 Å². The number of halogens is 1. The molecule has 0 fully saturated rings. The number of rotatable bonds is 8. The van der Waals surface area contributed by atoms with Gasteiger partial charge in [-0.25, -0.2) is 27.8 Å². The number of unbranched alkanes of at least 4 members (excludes halogenated alkanes) is 2. The van der Waals surface area contributed by atoms with Gasteiger partial charge in [-0.2, -0.15) is 4.40 Å². The summed E-state index contributed by atoms with van der Waals surface area (Å²) in [7, 11) is -4.94. The highest BCUT2D eigenvalue weighted by molar-refractivity contribution is 6.06. The van der Waals surface area contributed by atoms with Crippen molar-refractivity contribution in [3.05, 3.63) is 59.3 Å². The standard InChI is InChI=1S/C26H31N3O2.ClHO4/c1-5-7-12-27(13-8-6-2)26-28-14-10-9-11-22(28)24-17-21(25(30)31)20-15-18(3)19(4)16-23(20)29(24)26;2-1(3,4)5/h9-11,14-17H,5-8,12-13H2,1-4H3;(H,2,3,4,5). The number of carbonyl (C=O) groups is 1. The van der Waals surface area contributed by atoms with E-state index in [1.165, 1.54) is 5.56 Å². The molecule has 1 aromatic carbocycles. The molecule has 36 heavy (non-hydrogen) atoms. The third kappa shape index (κ3) is 6.05. The lowest BCUT2D eigenvalue weighted by Gasteiger charge is -2.18. The third-order valence-electron chi connectivity index (χ3n) is 6.28. The van der Waals surface area contributed by atoms with Crippen molar-refractivity contribution in [2.45, 2.75) is 53.4 Å². The highest BCUT2D eigenvalue weighted by atomic mass is 35.7. The summed E-state index contributed by atoms with van der Waals surface area (Å²) in [6.07, 6.45) is 6.60. The molecule has 3 heterocycles. The molecular weight excluding hydrogens is 486 g/mol. The van der Waals surface area contributed by atoms with Gasteiger partial charge in [0.25, 0.3) is 0 Å². The molecule has 10 heteroatoms. The van der Waals surface area contributed by atoms with E-state index in [9.17, 15) is 9.90 Å². The predicted octanol–water partition coefficient (Wildman–Crippen LogP) is 0.797. The van der Waals surface area contributed by atoms with Gasteiger partial charge < -0.3 is 5.11 Å². The molecule has 0 saturated heterocycles. The number of pyridine rings is 2. The second kappa shape index (κ2) is 11.4. The molecule has 0 aliphatic rings. The van der Waals surface area contributed by atoms with Crippen LogP contribution < -0.4 is 27.9 Å². The minimum absolute atomic E-state index is 0.356. The molecule has 0 aliphatic carbocycles. The smallest absolute Gasteiger partial charge is 0.370 e. The highest BCUT2D eigenvalue weighted by Gasteiger charge is 2.29. The minimum atomic E-state index is -4.94. The zero-order valence-corrected chi connectivity index (χ0v) is 21.7. The number of carboxylic acid groups (broad SMARTS) is 1. The number of hydrogen-bond donors (Lipinski definition) is 1. The molecule has 0 atom stereocenters. The van der Waals surface area contributed by atoms with E-state index in [4.69, 9.17) is 18.6 Å². The number of aromatic carboxylic acids is 1. The molecule has 9 nitrogen and oxygen atoms in total. The van der Waals surface area contributed by atoms with Gasteiger partial charge >= 0.3 is 11.9 Å². The summed E-state index contributed by atoms with van der Waals surface area (Å²) in [5, 5.41) is 10.8. The van der Waals surface area contributed by atoms with E-state index in [1.807, 2.05) is 31.2 Å². The zero-order chi connectivity index (χ0) is 26.6. The van der Waals surface area contributed by atoms with E-state index >= 15 is 0 Å². The number of nitrogens with zero attached hydrogens (tertiary/aromatic N) is 3. The average Bonchev–Trinajstić information content (AvgIpc) is 3.13. The molecule has 0 spiro atoms. The number of carboxylic acids is 1. The second-order valence-corrected chi connectivity index (χ2v) is 9.62. The lowest BCUT2D eigenvalue weighted by molar-refractivity contribution is -2.00.